The number of halogens is 1. The molecule has 1 aliphatic heterocycles. The Morgan fingerprint density at radius 1 is 1.00 bits per heavy atom. The van der Waals surface area contributed by atoms with E-state index >= 15 is 0 Å². The van der Waals surface area contributed by atoms with E-state index in [1.807, 2.05) is 0 Å². The van der Waals surface area contributed by atoms with Crippen molar-refractivity contribution in [3.05, 3.63) is 11.7 Å². The van der Waals surface area contributed by atoms with E-state index in [-0.39, 0.29) is 23.5 Å². The molecule has 1 aromatic rings. The summed E-state index contributed by atoms with van der Waals surface area (Å²) in [5, 5.41) is 4.23. The lowest BCUT2D eigenvalue weighted by atomic mass is 9.90. The maximum absolute atomic E-state index is 6.47. The second-order valence-electron chi connectivity index (χ2n) is 7.58. The molecule has 6 nitrogen and oxygen atoms in total. The third-order valence-electron chi connectivity index (χ3n) is 6.11. The second kappa shape index (κ2) is 7.28. The standard InChI is InChI=1S/C17H28N4O2.ClH/c18-17(7-3-4-8-17)15-19-14(23-20-15)13-16(5-1-2-6-16)21-9-11-22-12-10-21;/h1-13,18H2;1H. The summed E-state index contributed by atoms with van der Waals surface area (Å²) in [6, 6.07) is 0. The molecule has 0 atom stereocenters. The van der Waals surface area contributed by atoms with Crippen molar-refractivity contribution in [2.24, 2.45) is 5.73 Å². The first-order valence-electron chi connectivity index (χ1n) is 9.15. The van der Waals surface area contributed by atoms with Crippen molar-refractivity contribution < 1.29 is 9.26 Å². The van der Waals surface area contributed by atoms with Crippen molar-refractivity contribution in [2.75, 3.05) is 26.3 Å². The summed E-state index contributed by atoms with van der Waals surface area (Å²) >= 11 is 0. The fourth-order valence-corrected chi connectivity index (χ4v) is 4.72. The molecule has 2 saturated carbocycles. The lowest BCUT2D eigenvalue weighted by molar-refractivity contribution is -0.0232. The molecule has 2 heterocycles. The summed E-state index contributed by atoms with van der Waals surface area (Å²) in [6.45, 7) is 3.70. The normalized spacial score (nSPS) is 26.4. The Morgan fingerprint density at radius 2 is 1.62 bits per heavy atom. The summed E-state index contributed by atoms with van der Waals surface area (Å²) in [5.74, 6) is 1.49. The monoisotopic (exact) mass is 356 g/mol. The van der Waals surface area contributed by atoms with Gasteiger partial charge in [-0.1, -0.05) is 30.8 Å². The minimum atomic E-state index is -0.358. The smallest absolute Gasteiger partial charge is 0.228 e. The van der Waals surface area contributed by atoms with Crippen molar-refractivity contribution >= 4 is 12.4 Å². The van der Waals surface area contributed by atoms with Gasteiger partial charge in [-0.2, -0.15) is 4.98 Å². The fourth-order valence-electron chi connectivity index (χ4n) is 4.72. The van der Waals surface area contributed by atoms with Crippen molar-refractivity contribution in [1.82, 2.24) is 15.0 Å². The van der Waals surface area contributed by atoms with E-state index in [1.165, 1.54) is 25.7 Å². The van der Waals surface area contributed by atoms with Crippen LogP contribution in [-0.2, 0) is 16.7 Å². The summed E-state index contributed by atoms with van der Waals surface area (Å²) in [4.78, 5) is 7.31. The van der Waals surface area contributed by atoms with Crippen LogP contribution >= 0.6 is 12.4 Å². The third kappa shape index (κ3) is 3.34. The first-order chi connectivity index (χ1) is 11.2. The lowest BCUT2D eigenvalue weighted by Gasteiger charge is -2.42. The molecule has 4 rings (SSSR count). The molecule has 3 fully saturated rings. The van der Waals surface area contributed by atoms with Crippen LogP contribution in [0.1, 0.15) is 63.1 Å². The molecule has 0 spiro atoms. The molecule has 7 heteroatoms. The van der Waals surface area contributed by atoms with Crippen LogP contribution < -0.4 is 5.73 Å². The quantitative estimate of drug-likeness (QED) is 0.892. The van der Waals surface area contributed by atoms with Crippen molar-refractivity contribution in [2.45, 2.75) is 68.9 Å². The van der Waals surface area contributed by atoms with Gasteiger partial charge < -0.3 is 15.0 Å². The van der Waals surface area contributed by atoms with E-state index in [4.69, 9.17) is 20.0 Å². The zero-order valence-electron chi connectivity index (χ0n) is 14.3. The first kappa shape index (κ1) is 18.1. The molecular formula is C17H29ClN4O2. The Balaban J connectivity index is 0.00000169. The van der Waals surface area contributed by atoms with Gasteiger partial charge in [0.1, 0.15) is 0 Å². The summed E-state index contributed by atoms with van der Waals surface area (Å²) in [7, 11) is 0. The van der Waals surface area contributed by atoms with Crippen LogP contribution in [0.3, 0.4) is 0 Å². The number of hydrogen-bond acceptors (Lipinski definition) is 6. The fraction of sp³-hybridized carbons (Fsp3) is 0.882. The van der Waals surface area contributed by atoms with Gasteiger partial charge >= 0.3 is 0 Å². The average Bonchev–Trinajstić information content (AvgIpc) is 3.31. The van der Waals surface area contributed by atoms with Crippen molar-refractivity contribution in [3.63, 3.8) is 0 Å². The number of morpholine rings is 1. The zero-order chi connectivity index (χ0) is 15.8. The molecule has 0 bridgehead atoms. The van der Waals surface area contributed by atoms with Gasteiger partial charge in [-0.25, -0.2) is 0 Å². The van der Waals surface area contributed by atoms with Crippen LogP contribution in [0.5, 0.6) is 0 Å². The average molecular weight is 357 g/mol. The van der Waals surface area contributed by atoms with Gasteiger partial charge in [-0.05, 0) is 25.7 Å². The number of aromatic nitrogens is 2. The van der Waals surface area contributed by atoms with Crippen LogP contribution in [0, 0.1) is 0 Å². The minimum Gasteiger partial charge on any atom is -0.379 e. The molecule has 0 unspecified atom stereocenters. The van der Waals surface area contributed by atoms with Crippen LogP contribution in [-0.4, -0.2) is 46.9 Å². The summed E-state index contributed by atoms with van der Waals surface area (Å²) < 4.78 is 11.2. The lowest BCUT2D eigenvalue weighted by Crippen LogP contribution is -2.53. The van der Waals surface area contributed by atoms with Gasteiger partial charge in [0.15, 0.2) is 5.82 Å². The van der Waals surface area contributed by atoms with Gasteiger partial charge in [0.2, 0.25) is 5.89 Å². The van der Waals surface area contributed by atoms with E-state index in [0.717, 1.165) is 70.1 Å². The molecular weight excluding hydrogens is 328 g/mol. The van der Waals surface area contributed by atoms with Gasteiger partial charge in [0.05, 0.1) is 18.8 Å². The third-order valence-corrected chi connectivity index (χ3v) is 6.11. The molecule has 136 valence electrons. The first-order valence-corrected chi connectivity index (χ1v) is 9.15. The topological polar surface area (TPSA) is 77.4 Å². The molecule has 2 aliphatic carbocycles. The summed E-state index contributed by atoms with van der Waals surface area (Å²) in [6.07, 6.45) is 10.2. The predicted octanol–water partition coefficient (Wildman–Crippen LogP) is 2.41. The second-order valence-corrected chi connectivity index (χ2v) is 7.58. The maximum Gasteiger partial charge on any atom is 0.228 e. The Kier molecular flexibility index (Phi) is 5.49. The van der Waals surface area contributed by atoms with E-state index in [0.29, 0.717) is 0 Å². The van der Waals surface area contributed by atoms with Gasteiger partial charge in [-0.15, -0.1) is 12.4 Å². The Bertz CT molecular complexity index is 532. The zero-order valence-corrected chi connectivity index (χ0v) is 15.2. The van der Waals surface area contributed by atoms with Crippen molar-refractivity contribution in [1.29, 1.82) is 0 Å². The van der Waals surface area contributed by atoms with Gasteiger partial charge in [0.25, 0.3) is 0 Å². The van der Waals surface area contributed by atoms with Crippen LogP contribution in [0.4, 0.5) is 0 Å². The van der Waals surface area contributed by atoms with E-state index in [2.05, 4.69) is 10.1 Å². The van der Waals surface area contributed by atoms with Gasteiger partial charge in [0, 0.05) is 25.0 Å². The highest BCUT2D eigenvalue weighted by molar-refractivity contribution is 5.85. The highest BCUT2D eigenvalue weighted by Crippen LogP contribution is 2.39. The Hall–Kier alpha value is -0.690. The number of rotatable bonds is 4. The molecule has 1 saturated heterocycles. The number of ether oxygens (including phenoxy) is 1. The Labute approximate surface area is 149 Å². The molecule has 0 aromatic carbocycles. The number of nitrogens with zero attached hydrogens (tertiary/aromatic N) is 3. The van der Waals surface area contributed by atoms with E-state index in [9.17, 15) is 0 Å². The van der Waals surface area contributed by atoms with E-state index < -0.39 is 0 Å². The van der Waals surface area contributed by atoms with Crippen LogP contribution in [0.15, 0.2) is 4.52 Å². The molecule has 0 amide bonds. The minimum absolute atomic E-state index is 0. The molecule has 0 radical (unpaired) electrons. The molecule has 2 N–H and O–H groups in total. The van der Waals surface area contributed by atoms with E-state index in [1.54, 1.807) is 0 Å². The summed E-state index contributed by atoms with van der Waals surface area (Å²) in [5.41, 5.74) is 6.29. The SMILES string of the molecule is Cl.NC1(c2noc(CC3(N4CCOCC4)CCCC3)n2)CCCC1. The largest absolute Gasteiger partial charge is 0.379 e. The molecule has 3 aliphatic rings. The van der Waals surface area contributed by atoms with Crippen molar-refractivity contribution in [3.8, 4) is 0 Å². The molecule has 24 heavy (non-hydrogen) atoms. The highest BCUT2D eigenvalue weighted by atomic mass is 35.5. The van der Waals surface area contributed by atoms with Gasteiger partial charge in [-0.3, -0.25) is 4.90 Å². The highest BCUT2D eigenvalue weighted by Gasteiger charge is 2.42. The predicted molar refractivity (Wildman–Crippen MR) is 93.2 cm³/mol. The number of hydrogen-bond donors (Lipinski definition) is 1. The van der Waals surface area contributed by atoms with Crippen LogP contribution in [0.2, 0.25) is 0 Å². The maximum atomic E-state index is 6.47. The molecule has 1 aromatic heterocycles. The Morgan fingerprint density at radius 3 is 2.29 bits per heavy atom. The van der Waals surface area contributed by atoms with Crippen LogP contribution in [0.25, 0.3) is 0 Å². The number of nitrogens with two attached hydrogens (primary N) is 1.